The fourth-order valence-electron chi connectivity index (χ4n) is 1.44. The van der Waals surface area contributed by atoms with Crippen molar-refractivity contribution in [2.75, 3.05) is 25.6 Å². The van der Waals surface area contributed by atoms with E-state index in [-0.39, 0.29) is 6.10 Å². The van der Waals surface area contributed by atoms with Gasteiger partial charge in [0.15, 0.2) is 0 Å². The van der Waals surface area contributed by atoms with Crippen molar-refractivity contribution in [3.8, 4) is 5.75 Å². The molecule has 0 fully saturated rings. The highest BCUT2D eigenvalue weighted by molar-refractivity contribution is 5.48. The lowest BCUT2D eigenvalue weighted by atomic mass is 10.2. The minimum absolute atomic E-state index is 0.263. The Hall–Kier alpha value is -1.22. The van der Waals surface area contributed by atoms with Crippen molar-refractivity contribution in [1.82, 2.24) is 0 Å². The number of anilines is 1. The van der Waals surface area contributed by atoms with Crippen LogP contribution in [-0.4, -0.2) is 26.4 Å². The first kappa shape index (κ1) is 13.8. The summed E-state index contributed by atoms with van der Waals surface area (Å²) in [7, 11) is 1.72. The first-order valence-corrected chi connectivity index (χ1v) is 6.25. The van der Waals surface area contributed by atoms with Crippen molar-refractivity contribution in [3.63, 3.8) is 0 Å². The Morgan fingerprint density at radius 3 is 2.88 bits per heavy atom. The molecule has 1 unspecified atom stereocenters. The third-order valence-corrected chi connectivity index (χ3v) is 2.60. The van der Waals surface area contributed by atoms with Crippen molar-refractivity contribution in [3.05, 3.63) is 24.3 Å². The molecule has 0 aliphatic carbocycles. The molecule has 17 heavy (non-hydrogen) atoms. The summed E-state index contributed by atoms with van der Waals surface area (Å²) >= 11 is 0. The van der Waals surface area contributed by atoms with Crippen molar-refractivity contribution in [1.29, 1.82) is 0 Å². The van der Waals surface area contributed by atoms with Crippen LogP contribution in [0.15, 0.2) is 24.3 Å². The maximum absolute atomic E-state index is 5.77. The van der Waals surface area contributed by atoms with Gasteiger partial charge in [-0.25, -0.2) is 0 Å². The van der Waals surface area contributed by atoms with E-state index in [0.29, 0.717) is 0 Å². The first-order valence-electron chi connectivity index (χ1n) is 6.25. The standard InChI is InChI=1S/C14H23NO2/c1-4-12(2)17-14-8-5-7-13(11-14)15-9-6-10-16-3/h5,7-8,11-12,15H,4,6,9-10H2,1-3H3. The smallest absolute Gasteiger partial charge is 0.121 e. The molecule has 96 valence electrons. The molecule has 1 aromatic carbocycles. The number of benzene rings is 1. The average molecular weight is 237 g/mol. The maximum Gasteiger partial charge on any atom is 0.121 e. The zero-order valence-corrected chi connectivity index (χ0v) is 11.0. The molecule has 0 aromatic heterocycles. The van der Waals surface area contributed by atoms with Crippen LogP contribution in [-0.2, 0) is 4.74 Å². The number of methoxy groups -OCH3 is 1. The predicted octanol–water partition coefficient (Wildman–Crippen LogP) is 3.31. The van der Waals surface area contributed by atoms with E-state index in [4.69, 9.17) is 9.47 Å². The van der Waals surface area contributed by atoms with Gasteiger partial charge in [-0.2, -0.15) is 0 Å². The largest absolute Gasteiger partial charge is 0.491 e. The van der Waals surface area contributed by atoms with Gasteiger partial charge in [0.05, 0.1) is 6.10 Å². The van der Waals surface area contributed by atoms with E-state index in [2.05, 4.69) is 25.2 Å². The predicted molar refractivity (Wildman–Crippen MR) is 71.8 cm³/mol. The number of rotatable bonds is 8. The summed E-state index contributed by atoms with van der Waals surface area (Å²) in [6.45, 7) is 5.91. The molecule has 0 spiro atoms. The van der Waals surface area contributed by atoms with E-state index < -0.39 is 0 Å². The van der Waals surface area contributed by atoms with Gasteiger partial charge in [0, 0.05) is 32.0 Å². The molecule has 0 aliphatic rings. The van der Waals surface area contributed by atoms with Crippen LogP contribution in [0.2, 0.25) is 0 Å². The summed E-state index contributed by atoms with van der Waals surface area (Å²) < 4.78 is 10.8. The van der Waals surface area contributed by atoms with Gasteiger partial charge in [-0.1, -0.05) is 13.0 Å². The van der Waals surface area contributed by atoms with Crippen LogP contribution in [0.3, 0.4) is 0 Å². The molecule has 1 atom stereocenters. The lowest BCUT2D eigenvalue weighted by Gasteiger charge is -2.14. The molecule has 1 rings (SSSR count). The van der Waals surface area contributed by atoms with Crippen LogP contribution in [0.4, 0.5) is 5.69 Å². The van der Waals surface area contributed by atoms with E-state index >= 15 is 0 Å². The molecule has 1 N–H and O–H groups in total. The highest BCUT2D eigenvalue weighted by Gasteiger charge is 2.01. The van der Waals surface area contributed by atoms with Gasteiger partial charge >= 0.3 is 0 Å². The second-order valence-electron chi connectivity index (χ2n) is 4.14. The lowest BCUT2D eigenvalue weighted by Crippen LogP contribution is -2.10. The Balaban J connectivity index is 2.42. The summed E-state index contributed by atoms with van der Waals surface area (Å²) in [6.07, 6.45) is 2.29. The van der Waals surface area contributed by atoms with Crippen LogP contribution in [0, 0.1) is 0 Å². The van der Waals surface area contributed by atoms with E-state index in [1.54, 1.807) is 7.11 Å². The molecule has 0 radical (unpaired) electrons. The van der Waals surface area contributed by atoms with Gasteiger partial charge < -0.3 is 14.8 Å². The van der Waals surface area contributed by atoms with E-state index in [1.807, 2.05) is 18.2 Å². The summed E-state index contributed by atoms with van der Waals surface area (Å²) in [5, 5.41) is 3.35. The first-order chi connectivity index (χ1) is 8.26. The number of hydrogen-bond donors (Lipinski definition) is 1. The van der Waals surface area contributed by atoms with Gasteiger partial charge in [-0.15, -0.1) is 0 Å². The topological polar surface area (TPSA) is 30.5 Å². The van der Waals surface area contributed by atoms with Crippen LogP contribution >= 0.6 is 0 Å². The molecule has 3 nitrogen and oxygen atoms in total. The fraction of sp³-hybridized carbons (Fsp3) is 0.571. The molecule has 0 aliphatic heterocycles. The lowest BCUT2D eigenvalue weighted by molar-refractivity contribution is 0.198. The molecule has 0 saturated heterocycles. The molecule has 0 saturated carbocycles. The summed E-state index contributed by atoms with van der Waals surface area (Å²) in [5.41, 5.74) is 1.10. The van der Waals surface area contributed by atoms with E-state index in [0.717, 1.165) is 37.4 Å². The van der Waals surface area contributed by atoms with E-state index in [1.165, 1.54) is 0 Å². The van der Waals surface area contributed by atoms with Crippen molar-refractivity contribution in [2.24, 2.45) is 0 Å². The zero-order chi connectivity index (χ0) is 12.5. The molecule has 1 aromatic rings. The Bertz CT molecular complexity index is 315. The van der Waals surface area contributed by atoms with Gasteiger partial charge in [-0.3, -0.25) is 0 Å². The zero-order valence-electron chi connectivity index (χ0n) is 11.0. The van der Waals surface area contributed by atoms with Gasteiger partial charge in [0.2, 0.25) is 0 Å². The highest BCUT2D eigenvalue weighted by atomic mass is 16.5. The summed E-state index contributed by atoms with van der Waals surface area (Å²) in [6, 6.07) is 8.10. The maximum atomic E-state index is 5.77. The second kappa shape index (κ2) is 7.96. The average Bonchev–Trinajstić information content (AvgIpc) is 2.35. The van der Waals surface area contributed by atoms with Crippen LogP contribution < -0.4 is 10.1 Å². The van der Waals surface area contributed by atoms with Crippen LogP contribution in [0.1, 0.15) is 26.7 Å². The molecule has 0 bridgehead atoms. The summed E-state index contributed by atoms with van der Waals surface area (Å²) in [5.74, 6) is 0.927. The molecular weight excluding hydrogens is 214 g/mol. The number of hydrogen-bond acceptors (Lipinski definition) is 3. The summed E-state index contributed by atoms with van der Waals surface area (Å²) in [4.78, 5) is 0. The number of nitrogens with one attached hydrogen (secondary N) is 1. The minimum atomic E-state index is 0.263. The van der Waals surface area contributed by atoms with E-state index in [9.17, 15) is 0 Å². The van der Waals surface area contributed by atoms with Crippen molar-refractivity contribution < 1.29 is 9.47 Å². The highest BCUT2D eigenvalue weighted by Crippen LogP contribution is 2.19. The Kier molecular flexibility index (Phi) is 6.48. The fourth-order valence-corrected chi connectivity index (χ4v) is 1.44. The van der Waals surface area contributed by atoms with Gasteiger partial charge in [0.25, 0.3) is 0 Å². The molecule has 3 heteroatoms. The third kappa shape index (κ3) is 5.59. The monoisotopic (exact) mass is 237 g/mol. The molecular formula is C14H23NO2. The third-order valence-electron chi connectivity index (χ3n) is 2.60. The second-order valence-corrected chi connectivity index (χ2v) is 4.14. The van der Waals surface area contributed by atoms with Crippen molar-refractivity contribution >= 4 is 5.69 Å². The Morgan fingerprint density at radius 1 is 1.35 bits per heavy atom. The van der Waals surface area contributed by atoms with Crippen LogP contribution in [0.25, 0.3) is 0 Å². The number of ether oxygens (including phenoxy) is 2. The van der Waals surface area contributed by atoms with Crippen molar-refractivity contribution in [2.45, 2.75) is 32.8 Å². The minimum Gasteiger partial charge on any atom is -0.491 e. The van der Waals surface area contributed by atoms with Crippen LogP contribution in [0.5, 0.6) is 5.75 Å². The Morgan fingerprint density at radius 2 is 2.18 bits per heavy atom. The Labute approximate surface area is 104 Å². The molecule has 0 heterocycles. The van der Waals surface area contributed by atoms with Gasteiger partial charge in [0.1, 0.15) is 5.75 Å². The molecule has 0 amide bonds. The SMILES string of the molecule is CCC(C)Oc1cccc(NCCCOC)c1. The quantitative estimate of drug-likeness (QED) is 0.704. The van der Waals surface area contributed by atoms with Gasteiger partial charge in [-0.05, 0) is 31.9 Å². The normalized spacial score (nSPS) is 12.2.